The largest absolute Gasteiger partial charge is 0.381 e. The quantitative estimate of drug-likeness (QED) is 0.913. The molecule has 2 aromatic rings. The number of hydrogen-bond acceptors (Lipinski definition) is 5. The normalized spacial score (nSPS) is 19.5. The van der Waals surface area contributed by atoms with E-state index < -0.39 is 0 Å². The van der Waals surface area contributed by atoms with E-state index in [1.165, 1.54) is 0 Å². The van der Waals surface area contributed by atoms with Gasteiger partial charge in [-0.25, -0.2) is 0 Å². The van der Waals surface area contributed by atoms with Gasteiger partial charge in [0.2, 0.25) is 0 Å². The number of hydrogen-bond donors (Lipinski definition) is 1. The highest BCUT2D eigenvalue weighted by atomic mass is 16.5. The molecule has 100 valence electrons. The van der Waals surface area contributed by atoms with Crippen molar-refractivity contribution in [2.45, 2.75) is 25.3 Å². The zero-order chi connectivity index (χ0) is 13.1. The van der Waals surface area contributed by atoms with Crippen molar-refractivity contribution >= 4 is 0 Å². The minimum atomic E-state index is 0.254. The number of benzene rings is 1. The summed E-state index contributed by atoms with van der Waals surface area (Å²) in [5.41, 5.74) is 7.60. The van der Waals surface area contributed by atoms with Crippen LogP contribution in [0.5, 0.6) is 0 Å². The van der Waals surface area contributed by atoms with E-state index in [0.29, 0.717) is 19.0 Å². The highest BCUT2D eigenvalue weighted by Gasteiger charge is 2.21. The predicted octanol–water partition coefficient (Wildman–Crippen LogP) is 2.09. The zero-order valence-electron chi connectivity index (χ0n) is 10.7. The third-order valence-electron chi connectivity index (χ3n) is 3.38. The fourth-order valence-electron chi connectivity index (χ4n) is 2.29. The van der Waals surface area contributed by atoms with Crippen molar-refractivity contribution in [1.82, 2.24) is 10.1 Å². The van der Waals surface area contributed by atoms with Crippen molar-refractivity contribution in [3.63, 3.8) is 0 Å². The third-order valence-corrected chi connectivity index (χ3v) is 3.38. The number of aromatic nitrogens is 2. The van der Waals surface area contributed by atoms with Gasteiger partial charge in [-0.15, -0.1) is 0 Å². The summed E-state index contributed by atoms with van der Waals surface area (Å²) >= 11 is 0. The van der Waals surface area contributed by atoms with E-state index >= 15 is 0 Å². The number of nitrogens with zero attached hydrogens (tertiary/aromatic N) is 2. The summed E-state index contributed by atoms with van der Waals surface area (Å²) in [4.78, 5) is 4.48. The first-order valence-corrected chi connectivity index (χ1v) is 6.57. The Labute approximate surface area is 111 Å². The highest BCUT2D eigenvalue weighted by Crippen LogP contribution is 2.26. The molecule has 5 heteroatoms. The van der Waals surface area contributed by atoms with Crippen molar-refractivity contribution in [1.29, 1.82) is 0 Å². The number of rotatable bonds is 3. The van der Waals surface area contributed by atoms with Crippen molar-refractivity contribution < 1.29 is 9.26 Å². The number of nitrogens with two attached hydrogens (primary N) is 1. The lowest BCUT2D eigenvalue weighted by Crippen LogP contribution is -2.16. The minimum Gasteiger partial charge on any atom is -0.381 e. The van der Waals surface area contributed by atoms with E-state index in [4.69, 9.17) is 15.0 Å². The molecule has 1 aromatic carbocycles. The molecule has 1 atom stereocenters. The van der Waals surface area contributed by atoms with E-state index in [1.807, 2.05) is 24.3 Å². The molecule has 0 amide bonds. The summed E-state index contributed by atoms with van der Waals surface area (Å²) in [6, 6.07) is 7.86. The second-order valence-corrected chi connectivity index (χ2v) is 4.78. The average molecular weight is 259 g/mol. The summed E-state index contributed by atoms with van der Waals surface area (Å²) in [5, 5.41) is 4.07. The standard InChI is InChI=1S/C14H17N3O2/c15-8-10-3-1-4-11(7-10)14-16-13(17-19-14)12-5-2-6-18-9-12/h1,3-4,7,12H,2,5-6,8-9,15H2. The first-order chi connectivity index (χ1) is 9.36. The van der Waals surface area contributed by atoms with E-state index in [0.717, 1.165) is 36.4 Å². The summed E-state index contributed by atoms with van der Waals surface area (Å²) in [6.45, 7) is 2.02. The molecule has 2 N–H and O–H groups in total. The second kappa shape index (κ2) is 5.50. The second-order valence-electron chi connectivity index (χ2n) is 4.78. The molecule has 5 nitrogen and oxygen atoms in total. The lowest BCUT2D eigenvalue weighted by molar-refractivity contribution is 0.0773. The van der Waals surface area contributed by atoms with Crippen LogP contribution in [0.3, 0.4) is 0 Å². The lowest BCUT2D eigenvalue weighted by Gasteiger charge is -2.18. The molecule has 2 heterocycles. The Balaban J connectivity index is 1.83. The molecule has 19 heavy (non-hydrogen) atoms. The molecule has 0 saturated carbocycles. The van der Waals surface area contributed by atoms with Crippen molar-refractivity contribution in [3.8, 4) is 11.5 Å². The topological polar surface area (TPSA) is 74.2 Å². The maximum absolute atomic E-state index is 5.64. The van der Waals surface area contributed by atoms with E-state index in [-0.39, 0.29) is 5.92 Å². The molecule has 1 aliphatic rings. The Hall–Kier alpha value is -1.72. The molecule has 1 fully saturated rings. The van der Waals surface area contributed by atoms with Gasteiger partial charge in [-0.05, 0) is 30.5 Å². The molecule has 0 spiro atoms. The van der Waals surface area contributed by atoms with Gasteiger partial charge in [0.05, 0.1) is 6.61 Å². The monoisotopic (exact) mass is 259 g/mol. The summed E-state index contributed by atoms with van der Waals surface area (Å²) < 4.78 is 10.8. The molecular formula is C14H17N3O2. The number of ether oxygens (including phenoxy) is 1. The third kappa shape index (κ3) is 2.67. The van der Waals surface area contributed by atoms with Crippen molar-refractivity contribution in [3.05, 3.63) is 35.7 Å². The maximum atomic E-state index is 5.64. The van der Waals surface area contributed by atoms with Crippen LogP contribution < -0.4 is 5.73 Å². The molecule has 1 aliphatic heterocycles. The van der Waals surface area contributed by atoms with Gasteiger partial charge in [-0.3, -0.25) is 0 Å². The van der Waals surface area contributed by atoms with Crippen LogP contribution in [0.4, 0.5) is 0 Å². The Kier molecular flexibility index (Phi) is 3.57. The summed E-state index contributed by atoms with van der Waals surface area (Å²) in [5.74, 6) is 1.55. The van der Waals surface area contributed by atoms with Gasteiger partial charge >= 0.3 is 0 Å². The van der Waals surface area contributed by atoms with Gasteiger partial charge in [0.25, 0.3) is 5.89 Å². The smallest absolute Gasteiger partial charge is 0.257 e. The van der Waals surface area contributed by atoms with Crippen LogP contribution in [-0.2, 0) is 11.3 Å². The highest BCUT2D eigenvalue weighted by molar-refractivity contribution is 5.54. The maximum Gasteiger partial charge on any atom is 0.257 e. The molecular weight excluding hydrogens is 242 g/mol. The molecule has 1 saturated heterocycles. The predicted molar refractivity (Wildman–Crippen MR) is 70.4 cm³/mol. The van der Waals surface area contributed by atoms with Crippen molar-refractivity contribution in [2.24, 2.45) is 5.73 Å². The van der Waals surface area contributed by atoms with E-state index in [2.05, 4.69) is 10.1 Å². The van der Waals surface area contributed by atoms with Crippen LogP contribution in [-0.4, -0.2) is 23.4 Å². The Bertz CT molecular complexity index is 547. The molecule has 0 bridgehead atoms. The van der Waals surface area contributed by atoms with E-state index in [1.54, 1.807) is 0 Å². The fraction of sp³-hybridized carbons (Fsp3) is 0.429. The molecule has 0 aliphatic carbocycles. The molecule has 1 unspecified atom stereocenters. The fourth-order valence-corrected chi connectivity index (χ4v) is 2.29. The van der Waals surface area contributed by atoms with Gasteiger partial charge in [-0.2, -0.15) is 4.98 Å². The van der Waals surface area contributed by atoms with E-state index in [9.17, 15) is 0 Å². The van der Waals surface area contributed by atoms with Gasteiger partial charge in [0.1, 0.15) is 0 Å². The average Bonchev–Trinajstić information content (AvgIpc) is 2.98. The van der Waals surface area contributed by atoms with Crippen LogP contribution >= 0.6 is 0 Å². The van der Waals surface area contributed by atoms with Gasteiger partial charge in [-0.1, -0.05) is 17.3 Å². The Morgan fingerprint density at radius 2 is 2.32 bits per heavy atom. The first-order valence-electron chi connectivity index (χ1n) is 6.57. The zero-order valence-corrected chi connectivity index (χ0v) is 10.7. The summed E-state index contributed by atoms with van der Waals surface area (Å²) in [7, 11) is 0. The van der Waals surface area contributed by atoms with Gasteiger partial charge in [0.15, 0.2) is 5.82 Å². The molecule has 1 aromatic heterocycles. The molecule has 0 radical (unpaired) electrons. The van der Waals surface area contributed by atoms with Crippen LogP contribution in [0.1, 0.15) is 30.1 Å². The van der Waals surface area contributed by atoms with Crippen LogP contribution in [0.2, 0.25) is 0 Å². The minimum absolute atomic E-state index is 0.254. The Morgan fingerprint density at radius 1 is 1.37 bits per heavy atom. The van der Waals surface area contributed by atoms with Crippen LogP contribution in [0.25, 0.3) is 11.5 Å². The van der Waals surface area contributed by atoms with Crippen molar-refractivity contribution in [2.75, 3.05) is 13.2 Å². The first kappa shape index (κ1) is 12.3. The summed E-state index contributed by atoms with van der Waals surface area (Å²) in [6.07, 6.45) is 2.11. The van der Waals surface area contributed by atoms with Crippen LogP contribution in [0.15, 0.2) is 28.8 Å². The Morgan fingerprint density at radius 3 is 3.11 bits per heavy atom. The lowest BCUT2D eigenvalue weighted by atomic mass is 10.0. The van der Waals surface area contributed by atoms with Crippen LogP contribution in [0, 0.1) is 0 Å². The SMILES string of the molecule is NCc1cccc(-c2nc(C3CCCOC3)no2)c1. The molecule has 3 rings (SSSR count). The van der Waals surface area contributed by atoms with Gasteiger partial charge in [0, 0.05) is 24.6 Å². The van der Waals surface area contributed by atoms with Gasteiger partial charge < -0.3 is 15.0 Å².